The van der Waals surface area contributed by atoms with E-state index in [0.717, 1.165) is 39.2 Å². The van der Waals surface area contributed by atoms with E-state index in [4.69, 9.17) is 4.74 Å². The third-order valence-electron chi connectivity index (χ3n) is 6.31. The van der Waals surface area contributed by atoms with E-state index in [-0.39, 0.29) is 0 Å². The van der Waals surface area contributed by atoms with Gasteiger partial charge in [0, 0.05) is 17.2 Å². The van der Waals surface area contributed by atoms with E-state index in [1.807, 2.05) is 65.4 Å². The first-order valence-corrected chi connectivity index (χ1v) is 12.9. The second kappa shape index (κ2) is 9.28. The number of anilines is 1. The van der Waals surface area contributed by atoms with Crippen LogP contribution in [0, 0.1) is 5.13 Å². The van der Waals surface area contributed by atoms with Gasteiger partial charge in [0.2, 0.25) is 0 Å². The number of hydrogen-bond acceptors (Lipinski definition) is 5. The van der Waals surface area contributed by atoms with Gasteiger partial charge < -0.3 is 9.84 Å². The van der Waals surface area contributed by atoms with Crippen LogP contribution < -0.4 is 5.32 Å². The highest BCUT2D eigenvalue weighted by molar-refractivity contribution is 7.14. The molecule has 178 valence electrons. The predicted octanol–water partition coefficient (Wildman–Crippen LogP) is 7.71. The lowest BCUT2D eigenvalue weighted by atomic mass is 9.92. The van der Waals surface area contributed by atoms with Gasteiger partial charge in [-0.2, -0.15) is 15.7 Å². The van der Waals surface area contributed by atoms with Crippen molar-refractivity contribution in [1.29, 1.82) is 0 Å². The molecule has 1 amide bonds. The van der Waals surface area contributed by atoms with Gasteiger partial charge in [-0.15, -0.1) is 11.3 Å². The topological polar surface area (TPSA) is 75.6 Å². The molecule has 0 bridgehead atoms. The number of thiophene rings is 2. The van der Waals surface area contributed by atoms with Crippen molar-refractivity contribution in [2.75, 3.05) is 5.32 Å². The second-order valence-electron chi connectivity index (χ2n) is 8.53. The summed E-state index contributed by atoms with van der Waals surface area (Å²) in [6.07, 6.45) is 0.193. The molecule has 5 nitrogen and oxygen atoms in total. The normalized spacial score (nSPS) is 14.8. The average molecular weight is 508 g/mol. The molecule has 1 aliphatic carbocycles. The van der Waals surface area contributed by atoms with Crippen molar-refractivity contribution in [2.24, 2.45) is 0 Å². The summed E-state index contributed by atoms with van der Waals surface area (Å²) in [5.74, 6) is -0.796. The number of ether oxygens (including phenoxy) is 1. The fraction of sp³-hybridized carbons (Fsp3) is 0.185. The summed E-state index contributed by atoms with van der Waals surface area (Å²) in [5.41, 5.74) is 3.73. The maximum atomic E-state index is 14.4. The van der Waals surface area contributed by atoms with Gasteiger partial charge in [0.15, 0.2) is 5.13 Å². The fourth-order valence-corrected chi connectivity index (χ4v) is 5.80. The summed E-state index contributed by atoms with van der Waals surface area (Å²) in [6, 6.07) is 18.2. The number of amides is 1. The number of hydrogen-bond donors (Lipinski definition) is 2. The highest BCUT2D eigenvalue weighted by Gasteiger charge is 2.51. The van der Waals surface area contributed by atoms with Crippen LogP contribution in [-0.2, 0) is 14.9 Å². The van der Waals surface area contributed by atoms with Gasteiger partial charge in [0.1, 0.15) is 6.10 Å². The van der Waals surface area contributed by atoms with E-state index in [1.54, 1.807) is 6.92 Å². The van der Waals surface area contributed by atoms with E-state index < -0.39 is 28.7 Å². The van der Waals surface area contributed by atoms with Gasteiger partial charge in [-0.05, 0) is 53.3 Å². The first-order valence-electron chi connectivity index (χ1n) is 11.1. The van der Waals surface area contributed by atoms with Crippen molar-refractivity contribution in [3.05, 3.63) is 87.7 Å². The minimum absolute atomic E-state index is 0.335. The Hall–Kier alpha value is -3.49. The van der Waals surface area contributed by atoms with Crippen LogP contribution in [0.1, 0.15) is 37.0 Å². The molecule has 2 aromatic carbocycles. The Bertz CT molecular complexity index is 1370. The standard InChI is InChI=1S/C27H22FNO4S2/c1-16(18-10-13-34-15-18)33-26(32)29-22-14-23(28)35-24(22)21-5-3-2-4-20(21)17-6-8-19(9-7-17)27(11-12-27)25(30)31/h2-10,13-16H,11-12H2,1H3,(H,29,32)(H,30,31). The first-order chi connectivity index (χ1) is 16.9. The first kappa shape index (κ1) is 23.3. The third-order valence-corrected chi connectivity index (χ3v) is 7.97. The number of benzene rings is 2. The molecule has 0 spiro atoms. The van der Waals surface area contributed by atoms with Crippen LogP contribution in [0.4, 0.5) is 14.9 Å². The fourth-order valence-electron chi connectivity index (χ4n) is 4.18. The number of carboxylic acids is 1. The molecule has 0 radical (unpaired) electrons. The highest BCUT2D eigenvalue weighted by Crippen LogP contribution is 2.49. The van der Waals surface area contributed by atoms with E-state index in [2.05, 4.69) is 5.32 Å². The molecule has 1 atom stereocenters. The van der Waals surface area contributed by atoms with E-state index in [0.29, 0.717) is 23.4 Å². The summed E-state index contributed by atoms with van der Waals surface area (Å²) in [6.45, 7) is 1.78. The molecule has 1 saturated carbocycles. The van der Waals surface area contributed by atoms with Gasteiger partial charge in [0.25, 0.3) is 0 Å². The van der Waals surface area contributed by atoms with Crippen molar-refractivity contribution in [3.63, 3.8) is 0 Å². The zero-order chi connectivity index (χ0) is 24.6. The molecule has 1 fully saturated rings. The van der Waals surface area contributed by atoms with Crippen molar-refractivity contribution in [2.45, 2.75) is 31.3 Å². The van der Waals surface area contributed by atoms with Crippen molar-refractivity contribution >= 4 is 40.4 Å². The van der Waals surface area contributed by atoms with Crippen LogP contribution in [0.25, 0.3) is 21.6 Å². The molecular formula is C27H22FNO4S2. The third kappa shape index (κ3) is 4.59. The minimum Gasteiger partial charge on any atom is -0.481 e. The molecule has 8 heteroatoms. The molecule has 0 saturated heterocycles. The Balaban J connectivity index is 1.42. The van der Waals surface area contributed by atoms with Crippen LogP contribution in [0.3, 0.4) is 0 Å². The Morgan fingerprint density at radius 2 is 1.80 bits per heavy atom. The SMILES string of the molecule is CC(OC(=O)Nc1cc(F)sc1-c1ccccc1-c1ccc(C2(C(=O)O)CC2)cc1)c1ccsc1. The van der Waals surface area contributed by atoms with E-state index in [9.17, 15) is 19.1 Å². The Kier molecular flexibility index (Phi) is 6.17. The van der Waals surface area contributed by atoms with Crippen molar-refractivity contribution < 1.29 is 23.8 Å². The summed E-state index contributed by atoms with van der Waals surface area (Å²) in [7, 11) is 0. The zero-order valence-corrected chi connectivity index (χ0v) is 20.4. The van der Waals surface area contributed by atoms with Crippen LogP contribution in [0.5, 0.6) is 0 Å². The van der Waals surface area contributed by atoms with Gasteiger partial charge in [0.05, 0.1) is 16.0 Å². The number of rotatable bonds is 7. The largest absolute Gasteiger partial charge is 0.481 e. The molecule has 5 rings (SSSR count). The molecule has 1 aliphatic rings. The van der Waals surface area contributed by atoms with Crippen LogP contribution >= 0.6 is 22.7 Å². The van der Waals surface area contributed by atoms with Gasteiger partial charge in [-0.25, -0.2) is 4.79 Å². The van der Waals surface area contributed by atoms with Crippen LogP contribution in [0.15, 0.2) is 71.4 Å². The van der Waals surface area contributed by atoms with Crippen LogP contribution in [0.2, 0.25) is 0 Å². The van der Waals surface area contributed by atoms with Gasteiger partial charge in [-0.3, -0.25) is 10.1 Å². The van der Waals surface area contributed by atoms with E-state index >= 15 is 0 Å². The second-order valence-corrected chi connectivity index (χ2v) is 10.3. The lowest BCUT2D eigenvalue weighted by molar-refractivity contribution is -0.140. The summed E-state index contributed by atoms with van der Waals surface area (Å²) in [5, 5.41) is 15.7. The number of carbonyl (C=O) groups is 2. The van der Waals surface area contributed by atoms with E-state index in [1.165, 1.54) is 17.4 Å². The highest BCUT2D eigenvalue weighted by atomic mass is 32.1. The Morgan fingerprint density at radius 3 is 2.43 bits per heavy atom. The van der Waals surface area contributed by atoms with Gasteiger partial charge >= 0.3 is 12.1 Å². The summed E-state index contributed by atoms with van der Waals surface area (Å²) < 4.78 is 19.9. The minimum atomic E-state index is -0.796. The Morgan fingerprint density at radius 1 is 1.09 bits per heavy atom. The number of nitrogens with one attached hydrogen (secondary N) is 1. The summed E-state index contributed by atoms with van der Waals surface area (Å²) >= 11 is 2.46. The summed E-state index contributed by atoms with van der Waals surface area (Å²) in [4.78, 5) is 24.8. The molecule has 0 aliphatic heterocycles. The van der Waals surface area contributed by atoms with Crippen LogP contribution in [-0.4, -0.2) is 17.2 Å². The molecule has 35 heavy (non-hydrogen) atoms. The lowest BCUT2D eigenvalue weighted by Crippen LogP contribution is -2.19. The smallest absolute Gasteiger partial charge is 0.412 e. The molecule has 1 unspecified atom stereocenters. The van der Waals surface area contributed by atoms with Gasteiger partial charge in [-0.1, -0.05) is 48.5 Å². The molecule has 4 aromatic rings. The maximum Gasteiger partial charge on any atom is 0.412 e. The predicted molar refractivity (Wildman–Crippen MR) is 137 cm³/mol. The zero-order valence-electron chi connectivity index (χ0n) is 18.8. The van der Waals surface area contributed by atoms with Crippen molar-refractivity contribution in [3.8, 4) is 21.6 Å². The Labute approximate surface area is 209 Å². The monoisotopic (exact) mass is 507 g/mol. The molecule has 2 aromatic heterocycles. The number of halogens is 1. The quantitative estimate of drug-likeness (QED) is 0.269. The maximum absolute atomic E-state index is 14.4. The molecule has 2 heterocycles. The number of carbonyl (C=O) groups excluding carboxylic acids is 1. The lowest BCUT2D eigenvalue weighted by Gasteiger charge is -2.15. The molecular weight excluding hydrogens is 485 g/mol. The number of carboxylic acid groups (broad SMARTS) is 1. The number of aliphatic carboxylic acids is 1. The van der Waals surface area contributed by atoms with Crippen molar-refractivity contribution in [1.82, 2.24) is 0 Å². The average Bonchev–Trinajstić information content (AvgIpc) is 3.32. The molecule has 2 N–H and O–H groups in total.